The van der Waals surface area contributed by atoms with E-state index >= 15 is 0 Å². The predicted molar refractivity (Wildman–Crippen MR) is 48.8 cm³/mol. The van der Waals surface area contributed by atoms with Gasteiger partial charge in [0, 0.05) is 11.8 Å². The minimum absolute atomic E-state index is 0.139. The number of carbonyl (C=O) groups is 1. The van der Waals surface area contributed by atoms with E-state index in [2.05, 4.69) is 19.9 Å². The van der Waals surface area contributed by atoms with Crippen molar-refractivity contribution in [3.05, 3.63) is 11.6 Å². The number of Topliss-reactive ketones (excluding diaryl/α,β-unsaturated/α-hetero) is 1. The van der Waals surface area contributed by atoms with Crippen LogP contribution in [0, 0.1) is 11.3 Å². The lowest BCUT2D eigenvalue weighted by Gasteiger charge is -2.34. The Balaban J connectivity index is 2.34. The highest BCUT2D eigenvalue weighted by Crippen LogP contribution is 2.46. The quantitative estimate of drug-likeness (QED) is 0.503. The normalized spacial score (nSPS) is 33.0. The van der Waals surface area contributed by atoms with Gasteiger partial charge in [-0.3, -0.25) is 4.79 Å². The highest BCUT2D eigenvalue weighted by Gasteiger charge is 2.41. The Hall–Kier alpha value is -0.590. The molecule has 0 aromatic rings. The number of carbonyl (C=O) groups excluding carboxylic acids is 1. The molecular formula is C11H16O. The summed E-state index contributed by atoms with van der Waals surface area (Å²) in [6.07, 6.45) is 6.67. The Kier molecular flexibility index (Phi) is 1.64. The number of hydrogen-bond donors (Lipinski definition) is 0. The lowest BCUT2D eigenvalue weighted by molar-refractivity contribution is -0.127. The maximum atomic E-state index is 11.6. The number of allylic oxidation sites excluding steroid dienone is 2. The Morgan fingerprint density at radius 1 is 1.42 bits per heavy atom. The summed E-state index contributed by atoms with van der Waals surface area (Å²) in [4.78, 5) is 11.6. The zero-order chi connectivity index (χ0) is 8.77. The largest absolute Gasteiger partial charge is 0.299 e. The van der Waals surface area contributed by atoms with Gasteiger partial charge in [-0.1, -0.05) is 11.6 Å². The average Bonchev–Trinajstić information content (AvgIpc) is 2.46. The van der Waals surface area contributed by atoms with Crippen LogP contribution in [0.25, 0.3) is 0 Å². The first kappa shape index (κ1) is 8.03. The van der Waals surface area contributed by atoms with Crippen molar-refractivity contribution in [3.63, 3.8) is 0 Å². The van der Waals surface area contributed by atoms with Gasteiger partial charge < -0.3 is 0 Å². The van der Waals surface area contributed by atoms with Crippen LogP contribution in [-0.2, 0) is 4.79 Å². The molecule has 0 aromatic heterocycles. The van der Waals surface area contributed by atoms with Crippen molar-refractivity contribution >= 4 is 5.78 Å². The van der Waals surface area contributed by atoms with Crippen LogP contribution in [0.15, 0.2) is 11.6 Å². The molecule has 1 saturated carbocycles. The van der Waals surface area contributed by atoms with E-state index in [0.29, 0.717) is 5.78 Å². The van der Waals surface area contributed by atoms with Crippen LogP contribution < -0.4 is 0 Å². The molecule has 1 unspecified atom stereocenters. The third-order valence-electron chi connectivity index (χ3n) is 3.46. The molecule has 0 amide bonds. The molecule has 0 spiro atoms. The first-order valence-electron chi connectivity index (χ1n) is 4.86. The molecular weight excluding hydrogens is 148 g/mol. The van der Waals surface area contributed by atoms with E-state index in [4.69, 9.17) is 0 Å². The summed E-state index contributed by atoms with van der Waals surface area (Å²) in [5.74, 6) is 1.17. The molecule has 0 saturated heterocycles. The van der Waals surface area contributed by atoms with Gasteiger partial charge in [0.15, 0.2) is 0 Å². The van der Waals surface area contributed by atoms with E-state index in [-0.39, 0.29) is 5.41 Å². The van der Waals surface area contributed by atoms with Crippen molar-refractivity contribution in [3.8, 4) is 0 Å². The Morgan fingerprint density at radius 3 is 2.92 bits per heavy atom. The smallest absolute Gasteiger partial charge is 0.142 e. The Morgan fingerprint density at radius 2 is 2.17 bits per heavy atom. The average molecular weight is 164 g/mol. The Bertz CT molecular complexity index is 248. The molecule has 0 radical (unpaired) electrons. The van der Waals surface area contributed by atoms with Crippen molar-refractivity contribution in [2.24, 2.45) is 11.3 Å². The molecule has 1 atom stereocenters. The summed E-state index contributed by atoms with van der Waals surface area (Å²) in [5, 5.41) is 0. The number of hydrogen-bond acceptors (Lipinski definition) is 1. The van der Waals surface area contributed by atoms with Gasteiger partial charge in [-0.15, -0.1) is 0 Å². The molecule has 0 aliphatic heterocycles. The molecule has 0 bridgehead atoms. The second-order valence-electron chi connectivity index (χ2n) is 4.52. The van der Waals surface area contributed by atoms with Crippen LogP contribution in [-0.4, -0.2) is 5.78 Å². The van der Waals surface area contributed by atoms with Crippen molar-refractivity contribution in [2.45, 2.75) is 39.5 Å². The van der Waals surface area contributed by atoms with Crippen molar-refractivity contribution in [2.75, 3.05) is 0 Å². The molecule has 12 heavy (non-hydrogen) atoms. The minimum Gasteiger partial charge on any atom is -0.299 e. The predicted octanol–water partition coefficient (Wildman–Crippen LogP) is 2.71. The first-order chi connectivity index (χ1) is 5.62. The molecule has 0 heterocycles. The van der Waals surface area contributed by atoms with Gasteiger partial charge in [-0.25, -0.2) is 0 Å². The van der Waals surface area contributed by atoms with E-state index < -0.39 is 0 Å². The van der Waals surface area contributed by atoms with Crippen LogP contribution in [0.1, 0.15) is 39.5 Å². The van der Waals surface area contributed by atoms with Crippen LogP contribution in [0.2, 0.25) is 0 Å². The minimum atomic E-state index is -0.139. The molecule has 1 heteroatoms. The number of rotatable bonds is 0. The second kappa shape index (κ2) is 2.45. The first-order valence-corrected chi connectivity index (χ1v) is 4.86. The van der Waals surface area contributed by atoms with Crippen LogP contribution in [0.3, 0.4) is 0 Å². The maximum Gasteiger partial charge on any atom is 0.142 e. The standard InChI is InChI=1S/C11H16O/c1-11(2)9-5-3-4-8(9)6-7-10(11)12/h5,8H,3-4,6-7H2,1-2H3. The van der Waals surface area contributed by atoms with E-state index in [1.54, 1.807) is 0 Å². The number of fused-ring (bicyclic) bond motifs is 1. The summed E-state index contributed by atoms with van der Waals surface area (Å²) < 4.78 is 0. The molecule has 0 N–H and O–H groups in total. The van der Waals surface area contributed by atoms with E-state index in [1.807, 2.05) is 0 Å². The summed E-state index contributed by atoms with van der Waals surface area (Å²) in [6.45, 7) is 4.16. The molecule has 2 aliphatic rings. The SMILES string of the molecule is CC1(C)C(=O)CCC2CCC=C21. The fourth-order valence-corrected chi connectivity index (χ4v) is 2.61. The van der Waals surface area contributed by atoms with Gasteiger partial charge in [0.2, 0.25) is 0 Å². The third-order valence-corrected chi connectivity index (χ3v) is 3.46. The van der Waals surface area contributed by atoms with Crippen molar-refractivity contribution < 1.29 is 4.79 Å². The van der Waals surface area contributed by atoms with E-state index in [1.165, 1.54) is 18.4 Å². The number of ketones is 1. The van der Waals surface area contributed by atoms with Gasteiger partial charge in [0.05, 0.1) is 0 Å². The highest BCUT2D eigenvalue weighted by atomic mass is 16.1. The van der Waals surface area contributed by atoms with Crippen molar-refractivity contribution in [1.29, 1.82) is 0 Å². The van der Waals surface area contributed by atoms with E-state index in [9.17, 15) is 4.79 Å². The van der Waals surface area contributed by atoms with Crippen LogP contribution >= 0.6 is 0 Å². The highest BCUT2D eigenvalue weighted by molar-refractivity contribution is 5.88. The zero-order valence-corrected chi connectivity index (χ0v) is 7.89. The summed E-state index contributed by atoms with van der Waals surface area (Å²) in [7, 11) is 0. The fraction of sp³-hybridized carbons (Fsp3) is 0.727. The lowest BCUT2D eigenvalue weighted by atomic mass is 9.68. The lowest BCUT2D eigenvalue weighted by Crippen LogP contribution is -2.33. The van der Waals surface area contributed by atoms with Gasteiger partial charge in [0.25, 0.3) is 0 Å². The third kappa shape index (κ3) is 0.954. The summed E-state index contributed by atoms with van der Waals surface area (Å²) in [5.41, 5.74) is 1.29. The monoisotopic (exact) mass is 164 g/mol. The molecule has 66 valence electrons. The maximum absolute atomic E-state index is 11.6. The van der Waals surface area contributed by atoms with Gasteiger partial charge in [0.1, 0.15) is 5.78 Å². The molecule has 0 aromatic carbocycles. The second-order valence-corrected chi connectivity index (χ2v) is 4.52. The molecule has 2 aliphatic carbocycles. The van der Waals surface area contributed by atoms with Gasteiger partial charge in [-0.2, -0.15) is 0 Å². The Labute approximate surface area is 73.8 Å². The van der Waals surface area contributed by atoms with E-state index in [0.717, 1.165) is 18.8 Å². The summed E-state index contributed by atoms with van der Waals surface area (Å²) >= 11 is 0. The van der Waals surface area contributed by atoms with Crippen LogP contribution in [0.4, 0.5) is 0 Å². The molecule has 1 fully saturated rings. The molecule has 1 nitrogen and oxygen atoms in total. The van der Waals surface area contributed by atoms with Crippen LogP contribution in [0.5, 0.6) is 0 Å². The van der Waals surface area contributed by atoms with Gasteiger partial charge >= 0.3 is 0 Å². The topological polar surface area (TPSA) is 17.1 Å². The zero-order valence-electron chi connectivity index (χ0n) is 7.89. The van der Waals surface area contributed by atoms with Crippen molar-refractivity contribution in [1.82, 2.24) is 0 Å². The van der Waals surface area contributed by atoms with Gasteiger partial charge in [-0.05, 0) is 39.0 Å². The fourth-order valence-electron chi connectivity index (χ4n) is 2.61. The molecule has 2 rings (SSSR count). The summed E-state index contributed by atoms with van der Waals surface area (Å²) in [6, 6.07) is 0.